The number of hydrogen-bond acceptors (Lipinski definition) is 3. The van der Waals surface area contributed by atoms with Crippen molar-refractivity contribution in [3.8, 4) is 0 Å². The lowest BCUT2D eigenvalue weighted by Gasteiger charge is -2.20. The minimum Gasteiger partial charge on any atom is -0.312 e. The van der Waals surface area contributed by atoms with Gasteiger partial charge in [-0.15, -0.1) is 0 Å². The summed E-state index contributed by atoms with van der Waals surface area (Å²) in [5.41, 5.74) is 4.33. The van der Waals surface area contributed by atoms with Gasteiger partial charge in [0.1, 0.15) is 12.2 Å². The van der Waals surface area contributed by atoms with Crippen molar-refractivity contribution in [2.24, 2.45) is 0 Å². The number of nitrogens with one attached hydrogen (secondary N) is 1. The zero-order valence-corrected chi connectivity index (χ0v) is 11.4. The fourth-order valence-corrected chi connectivity index (χ4v) is 2.75. The molecule has 0 fully saturated rings. The molecule has 4 nitrogen and oxygen atoms in total. The van der Waals surface area contributed by atoms with Crippen LogP contribution in [-0.4, -0.2) is 21.3 Å². The van der Waals surface area contributed by atoms with Crippen LogP contribution in [0.1, 0.15) is 35.9 Å². The molecular weight excluding hydrogens is 236 g/mol. The van der Waals surface area contributed by atoms with E-state index in [0.29, 0.717) is 0 Å². The zero-order chi connectivity index (χ0) is 13.1. The second-order valence-electron chi connectivity index (χ2n) is 5.06. The summed E-state index contributed by atoms with van der Waals surface area (Å²) in [5.74, 6) is 1.07. The fourth-order valence-electron chi connectivity index (χ4n) is 2.75. The summed E-state index contributed by atoms with van der Waals surface area (Å²) in [5, 5.41) is 7.76. The van der Waals surface area contributed by atoms with E-state index in [9.17, 15) is 0 Å². The highest BCUT2D eigenvalue weighted by atomic mass is 15.3. The van der Waals surface area contributed by atoms with Gasteiger partial charge in [0.2, 0.25) is 0 Å². The minimum atomic E-state index is 0.880. The maximum atomic E-state index is 4.41. The largest absolute Gasteiger partial charge is 0.312 e. The van der Waals surface area contributed by atoms with Gasteiger partial charge in [-0.3, -0.25) is 0 Å². The smallest absolute Gasteiger partial charge is 0.138 e. The van der Waals surface area contributed by atoms with Crippen molar-refractivity contribution in [1.82, 2.24) is 20.1 Å². The summed E-state index contributed by atoms with van der Waals surface area (Å²) in [6, 6.07) is 6.63. The molecule has 100 valence electrons. The summed E-state index contributed by atoms with van der Waals surface area (Å²) in [7, 11) is 0. The Bertz CT molecular complexity index is 559. The number of nitrogens with zero attached hydrogens (tertiary/aromatic N) is 3. The third-order valence-corrected chi connectivity index (χ3v) is 3.72. The Balaban J connectivity index is 1.88. The molecule has 0 atom stereocenters. The van der Waals surface area contributed by atoms with Crippen molar-refractivity contribution >= 4 is 0 Å². The first-order valence-electron chi connectivity index (χ1n) is 7.05. The molecule has 3 rings (SSSR count). The molecule has 0 radical (unpaired) electrons. The van der Waals surface area contributed by atoms with Gasteiger partial charge in [-0.1, -0.05) is 25.1 Å². The van der Waals surface area contributed by atoms with Crippen molar-refractivity contribution in [2.75, 3.05) is 6.54 Å². The second kappa shape index (κ2) is 5.53. The van der Waals surface area contributed by atoms with E-state index in [1.807, 2.05) is 4.68 Å². The Kier molecular flexibility index (Phi) is 3.60. The minimum absolute atomic E-state index is 0.880. The normalized spacial score (nSPS) is 14.4. The Morgan fingerprint density at radius 3 is 3.21 bits per heavy atom. The third-order valence-electron chi connectivity index (χ3n) is 3.72. The molecule has 1 aliphatic rings. The average Bonchev–Trinajstić information content (AvgIpc) is 2.87. The molecule has 1 N–H and O–H groups in total. The first-order valence-corrected chi connectivity index (χ1v) is 7.05. The lowest BCUT2D eigenvalue weighted by molar-refractivity contribution is 0.573. The summed E-state index contributed by atoms with van der Waals surface area (Å²) >= 11 is 0. The molecular formula is C15H20N4. The van der Waals surface area contributed by atoms with E-state index in [1.54, 1.807) is 6.33 Å². The van der Waals surface area contributed by atoms with Crippen LogP contribution in [0.25, 0.3) is 0 Å². The number of aromatic nitrogens is 3. The van der Waals surface area contributed by atoms with Crippen LogP contribution in [0.3, 0.4) is 0 Å². The van der Waals surface area contributed by atoms with E-state index in [-0.39, 0.29) is 0 Å². The zero-order valence-electron chi connectivity index (χ0n) is 11.4. The summed E-state index contributed by atoms with van der Waals surface area (Å²) < 4.78 is 2.02. The van der Waals surface area contributed by atoms with Crippen LogP contribution in [0, 0.1) is 0 Å². The maximum Gasteiger partial charge on any atom is 0.138 e. The SMILES string of the molecule is CCCn1ncnc1Cc1cccc2c1CNCC2. The van der Waals surface area contributed by atoms with E-state index < -0.39 is 0 Å². The Morgan fingerprint density at radius 1 is 1.37 bits per heavy atom. The highest BCUT2D eigenvalue weighted by Crippen LogP contribution is 2.20. The van der Waals surface area contributed by atoms with Crippen LogP contribution >= 0.6 is 0 Å². The quantitative estimate of drug-likeness (QED) is 0.909. The van der Waals surface area contributed by atoms with E-state index in [0.717, 1.165) is 44.7 Å². The molecule has 1 aliphatic heterocycles. The van der Waals surface area contributed by atoms with Gasteiger partial charge in [-0.25, -0.2) is 9.67 Å². The number of rotatable bonds is 4. The molecule has 0 bridgehead atoms. The van der Waals surface area contributed by atoms with Crippen LogP contribution in [-0.2, 0) is 25.9 Å². The molecule has 0 saturated carbocycles. The van der Waals surface area contributed by atoms with Gasteiger partial charge in [0, 0.05) is 19.5 Å². The first-order chi connectivity index (χ1) is 9.38. The molecule has 0 aliphatic carbocycles. The predicted molar refractivity (Wildman–Crippen MR) is 75.0 cm³/mol. The van der Waals surface area contributed by atoms with Crippen molar-refractivity contribution in [1.29, 1.82) is 0 Å². The van der Waals surface area contributed by atoms with Crippen molar-refractivity contribution in [2.45, 2.75) is 39.3 Å². The molecule has 4 heteroatoms. The van der Waals surface area contributed by atoms with E-state index in [4.69, 9.17) is 0 Å². The van der Waals surface area contributed by atoms with Gasteiger partial charge in [-0.05, 0) is 36.1 Å². The molecule has 0 unspecified atom stereocenters. The summed E-state index contributed by atoms with van der Waals surface area (Å²) in [6.45, 7) is 5.18. The first kappa shape index (κ1) is 12.4. The maximum absolute atomic E-state index is 4.41. The molecule has 0 spiro atoms. The van der Waals surface area contributed by atoms with E-state index in [1.165, 1.54) is 16.7 Å². The van der Waals surface area contributed by atoms with Gasteiger partial charge in [0.05, 0.1) is 0 Å². The molecule has 0 amide bonds. The third kappa shape index (κ3) is 2.54. The fraction of sp³-hybridized carbons (Fsp3) is 0.467. The van der Waals surface area contributed by atoms with Crippen LogP contribution in [0.5, 0.6) is 0 Å². The highest BCUT2D eigenvalue weighted by molar-refractivity contribution is 5.38. The van der Waals surface area contributed by atoms with E-state index >= 15 is 0 Å². The van der Waals surface area contributed by atoms with Crippen LogP contribution in [0.15, 0.2) is 24.5 Å². The molecule has 1 aromatic heterocycles. The number of benzene rings is 1. The van der Waals surface area contributed by atoms with E-state index in [2.05, 4.69) is 40.5 Å². The summed E-state index contributed by atoms with van der Waals surface area (Å²) in [4.78, 5) is 4.41. The molecule has 2 heterocycles. The topological polar surface area (TPSA) is 42.7 Å². The van der Waals surface area contributed by atoms with Gasteiger partial charge in [0.25, 0.3) is 0 Å². The van der Waals surface area contributed by atoms with Crippen molar-refractivity contribution in [3.63, 3.8) is 0 Å². The Labute approximate surface area is 113 Å². The molecule has 1 aromatic carbocycles. The lowest BCUT2D eigenvalue weighted by Crippen LogP contribution is -2.25. The van der Waals surface area contributed by atoms with Crippen LogP contribution < -0.4 is 5.32 Å². The number of aryl methyl sites for hydroxylation is 1. The Morgan fingerprint density at radius 2 is 2.32 bits per heavy atom. The molecule has 2 aromatic rings. The van der Waals surface area contributed by atoms with Crippen LogP contribution in [0.4, 0.5) is 0 Å². The predicted octanol–water partition coefficient (Wildman–Crippen LogP) is 1.92. The van der Waals surface area contributed by atoms with Gasteiger partial charge >= 0.3 is 0 Å². The van der Waals surface area contributed by atoms with Crippen molar-refractivity contribution < 1.29 is 0 Å². The van der Waals surface area contributed by atoms with Gasteiger partial charge in [-0.2, -0.15) is 5.10 Å². The number of hydrogen-bond donors (Lipinski definition) is 1. The molecule has 19 heavy (non-hydrogen) atoms. The van der Waals surface area contributed by atoms with Crippen LogP contribution in [0.2, 0.25) is 0 Å². The molecule has 0 saturated heterocycles. The van der Waals surface area contributed by atoms with Crippen molar-refractivity contribution in [3.05, 3.63) is 47.0 Å². The standard InChI is InChI=1S/C15H20N4/c1-2-8-19-15(17-11-18-19)9-13-5-3-4-12-6-7-16-10-14(12)13/h3-5,11,16H,2,6-10H2,1H3. The lowest BCUT2D eigenvalue weighted by atomic mass is 9.94. The van der Waals surface area contributed by atoms with Gasteiger partial charge < -0.3 is 5.32 Å². The monoisotopic (exact) mass is 256 g/mol. The average molecular weight is 256 g/mol. The number of fused-ring (bicyclic) bond motifs is 1. The Hall–Kier alpha value is -1.68. The second-order valence-corrected chi connectivity index (χ2v) is 5.06. The van der Waals surface area contributed by atoms with Gasteiger partial charge in [0.15, 0.2) is 0 Å². The summed E-state index contributed by atoms with van der Waals surface area (Å²) in [6.07, 6.45) is 4.76. The highest BCUT2D eigenvalue weighted by Gasteiger charge is 2.14.